The molecule has 10 nitrogen and oxygen atoms in total. The van der Waals surface area contributed by atoms with Gasteiger partial charge in [0.15, 0.2) is 6.10 Å². The SMILES string of the molecule is Cc1c2c(n(OC(=O)C(C)O)c1/C=C1\C(=O)Nc3ccc(F)cc31)CCN(CCN1CCOCC1)C2=O. The maximum Gasteiger partial charge on any atom is 0.360 e. The lowest BCUT2D eigenvalue weighted by Crippen LogP contribution is -2.45. The predicted octanol–water partition coefficient (Wildman–Crippen LogP) is 1.09. The van der Waals surface area contributed by atoms with Crippen LogP contribution in [0.4, 0.5) is 10.1 Å². The van der Waals surface area contributed by atoms with Crippen molar-refractivity contribution in [2.24, 2.45) is 0 Å². The molecule has 196 valence electrons. The van der Waals surface area contributed by atoms with Gasteiger partial charge in [-0.3, -0.25) is 14.5 Å². The first-order chi connectivity index (χ1) is 17.7. The van der Waals surface area contributed by atoms with Crippen LogP contribution in [-0.2, 0) is 20.7 Å². The second-order valence-electron chi connectivity index (χ2n) is 9.41. The van der Waals surface area contributed by atoms with Gasteiger partial charge >= 0.3 is 5.97 Å². The lowest BCUT2D eigenvalue weighted by atomic mass is 10.0. The van der Waals surface area contributed by atoms with E-state index < -0.39 is 23.8 Å². The Morgan fingerprint density at radius 2 is 2.00 bits per heavy atom. The molecule has 0 saturated carbocycles. The number of aliphatic hydroxyl groups excluding tert-OH is 1. The molecule has 0 aliphatic carbocycles. The first-order valence-corrected chi connectivity index (χ1v) is 12.3. The van der Waals surface area contributed by atoms with Gasteiger partial charge in [-0.05, 0) is 43.7 Å². The molecule has 5 rings (SSSR count). The van der Waals surface area contributed by atoms with Crippen LogP contribution in [0.3, 0.4) is 0 Å². The smallest absolute Gasteiger partial charge is 0.360 e. The Balaban J connectivity index is 1.52. The number of ether oxygens (including phenoxy) is 1. The second kappa shape index (κ2) is 10.1. The molecular weight excluding hydrogens is 483 g/mol. The third-order valence-electron chi connectivity index (χ3n) is 6.99. The number of halogens is 1. The molecule has 0 radical (unpaired) electrons. The molecule has 1 atom stereocenters. The highest BCUT2D eigenvalue weighted by Gasteiger charge is 2.35. The number of morpholine rings is 1. The average molecular weight is 513 g/mol. The number of hydrogen-bond acceptors (Lipinski definition) is 7. The molecule has 1 saturated heterocycles. The number of benzene rings is 1. The number of rotatable bonds is 6. The van der Waals surface area contributed by atoms with Crippen molar-refractivity contribution in [1.82, 2.24) is 14.5 Å². The molecule has 1 aromatic carbocycles. The minimum Gasteiger partial charge on any atom is -0.382 e. The third-order valence-corrected chi connectivity index (χ3v) is 6.99. The molecular formula is C26H29FN4O6. The van der Waals surface area contributed by atoms with Crippen molar-refractivity contribution in [2.75, 3.05) is 51.3 Å². The summed E-state index contributed by atoms with van der Waals surface area (Å²) < 4.78 is 20.6. The van der Waals surface area contributed by atoms with Crippen molar-refractivity contribution >= 4 is 35.1 Å². The van der Waals surface area contributed by atoms with E-state index in [-0.39, 0.29) is 11.5 Å². The first kappa shape index (κ1) is 25.1. The van der Waals surface area contributed by atoms with Gasteiger partial charge in [-0.15, -0.1) is 0 Å². The van der Waals surface area contributed by atoms with Gasteiger partial charge in [0.25, 0.3) is 11.8 Å². The molecule has 1 unspecified atom stereocenters. The minimum atomic E-state index is -1.40. The summed E-state index contributed by atoms with van der Waals surface area (Å²) in [6.07, 6.45) is 0.515. The van der Waals surface area contributed by atoms with Gasteiger partial charge in [0.05, 0.1) is 35.7 Å². The summed E-state index contributed by atoms with van der Waals surface area (Å²) in [5.74, 6) is -2.03. The standard InChI is InChI=1S/C26H29FN4O6/c1-15-22(14-19-18-13-17(27)3-4-20(18)28-24(19)33)31(37-26(35)16(2)32)21-5-6-30(25(34)23(15)21)8-7-29-9-11-36-12-10-29/h3-4,13-14,16,32H,5-12H2,1-2H3,(H,28,33)/b19-14-. The van der Waals surface area contributed by atoms with Crippen LogP contribution in [0, 0.1) is 12.7 Å². The van der Waals surface area contributed by atoms with Crippen LogP contribution in [0.15, 0.2) is 18.2 Å². The lowest BCUT2D eigenvalue weighted by Gasteiger charge is -2.32. The first-order valence-electron chi connectivity index (χ1n) is 12.3. The van der Waals surface area contributed by atoms with Gasteiger partial charge in [0.2, 0.25) is 0 Å². The Bertz CT molecular complexity index is 1290. The number of anilines is 1. The molecule has 3 aliphatic rings. The van der Waals surface area contributed by atoms with Crippen LogP contribution >= 0.6 is 0 Å². The Labute approximate surface area is 213 Å². The molecule has 1 aromatic heterocycles. The van der Waals surface area contributed by atoms with E-state index in [0.29, 0.717) is 66.5 Å². The molecule has 11 heteroatoms. The zero-order chi connectivity index (χ0) is 26.3. The van der Waals surface area contributed by atoms with E-state index >= 15 is 0 Å². The summed E-state index contributed by atoms with van der Waals surface area (Å²) in [6.45, 7) is 7.69. The Kier molecular flexibility index (Phi) is 6.84. The van der Waals surface area contributed by atoms with Crippen LogP contribution < -0.4 is 10.2 Å². The number of carbonyl (C=O) groups is 3. The number of fused-ring (bicyclic) bond motifs is 2. The summed E-state index contributed by atoms with van der Waals surface area (Å²) in [4.78, 5) is 48.2. The number of carbonyl (C=O) groups excluding carboxylic acids is 3. The van der Waals surface area contributed by atoms with Gasteiger partial charge in [0, 0.05) is 50.4 Å². The summed E-state index contributed by atoms with van der Waals surface area (Å²) in [6, 6.07) is 3.98. The molecule has 37 heavy (non-hydrogen) atoms. The maximum absolute atomic E-state index is 14.0. The van der Waals surface area contributed by atoms with Crippen molar-refractivity contribution in [3.63, 3.8) is 0 Å². The van der Waals surface area contributed by atoms with Crippen LogP contribution in [0.25, 0.3) is 11.6 Å². The largest absolute Gasteiger partial charge is 0.382 e. The maximum atomic E-state index is 14.0. The van der Waals surface area contributed by atoms with E-state index in [1.165, 1.54) is 35.9 Å². The Hall–Kier alpha value is -3.54. The Morgan fingerprint density at radius 3 is 2.73 bits per heavy atom. The lowest BCUT2D eigenvalue weighted by molar-refractivity contribution is -0.153. The van der Waals surface area contributed by atoms with Gasteiger partial charge in [-0.1, -0.05) is 0 Å². The third kappa shape index (κ3) is 4.77. The van der Waals surface area contributed by atoms with E-state index in [9.17, 15) is 23.9 Å². The predicted molar refractivity (Wildman–Crippen MR) is 132 cm³/mol. The normalized spacial score (nSPS) is 19.6. The molecule has 2 aromatic rings. The van der Waals surface area contributed by atoms with Gasteiger partial charge < -0.3 is 24.9 Å². The molecule has 2 amide bonds. The van der Waals surface area contributed by atoms with Crippen molar-refractivity contribution in [3.8, 4) is 0 Å². The molecule has 0 spiro atoms. The second-order valence-corrected chi connectivity index (χ2v) is 9.41. The van der Waals surface area contributed by atoms with Gasteiger partial charge in [-0.25, -0.2) is 9.18 Å². The summed E-state index contributed by atoms with van der Waals surface area (Å²) in [5, 5.41) is 12.5. The fourth-order valence-corrected chi connectivity index (χ4v) is 4.93. The summed E-state index contributed by atoms with van der Waals surface area (Å²) >= 11 is 0. The molecule has 1 fully saturated rings. The Morgan fingerprint density at radius 1 is 1.24 bits per heavy atom. The number of amides is 2. The molecule has 3 aliphatic heterocycles. The number of nitrogens with one attached hydrogen (secondary N) is 1. The van der Waals surface area contributed by atoms with E-state index in [1.54, 1.807) is 11.8 Å². The van der Waals surface area contributed by atoms with Crippen LogP contribution in [0.2, 0.25) is 0 Å². The fourth-order valence-electron chi connectivity index (χ4n) is 4.93. The zero-order valence-electron chi connectivity index (χ0n) is 20.8. The monoisotopic (exact) mass is 512 g/mol. The van der Waals surface area contributed by atoms with E-state index in [1.807, 2.05) is 0 Å². The number of aliphatic hydroxyl groups is 1. The van der Waals surface area contributed by atoms with Crippen molar-refractivity contribution in [1.29, 1.82) is 0 Å². The highest BCUT2D eigenvalue weighted by Crippen LogP contribution is 2.36. The number of hydrogen-bond donors (Lipinski definition) is 2. The van der Waals surface area contributed by atoms with Crippen LogP contribution in [0.5, 0.6) is 0 Å². The van der Waals surface area contributed by atoms with Crippen molar-refractivity contribution in [2.45, 2.75) is 26.4 Å². The van der Waals surface area contributed by atoms with Crippen LogP contribution in [0.1, 0.15) is 39.8 Å². The van der Waals surface area contributed by atoms with Gasteiger partial charge in [0.1, 0.15) is 5.82 Å². The highest BCUT2D eigenvalue weighted by molar-refractivity contribution is 6.35. The van der Waals surface area contributed by atoms with E-state index in [4.69, 9.17) is 9.57 Å². The minimum absolute atomic E-state index is 0.179. The molecule has 0 bridgehead atoms. The fraction of sp³-hybridized carbons (Fsp3) is 0.423. The summed E-state index contributed by atoms with van der Waals surface area (Å²) in [5.41, 5.74) is 2.74. The number of aromatic nitrogens is 1. The van der Waals surface area contributed by atoms with E-state index in [0.717, 1.165) is 19.6 Å². The van der Waals surface area contributed by atoms with Gasteiger partial charge in [-0.2, -0.15) is 4.73 Å². The quantitative estimate of drug-likeness (QED) is 0.558. The average Bonchev–Trinajstić information content (AvgIpc) is 3.32. The van der Waals surface area contributed by atoms with Crippen LogP contribution in [-0.4, -0.2) is 89.5 Å². The highest BCUT2D eigenvalue weighted by atomic mass is 19.1. The van der Waals surface area contributed by atoms with Crippen molar-refractivity contribution < 1.29 is 33.5 Å². The summed E-state index contributed by atoms with van der Waals surface area (Å²) in [7, 11) is 0. The molecule has 4 heterocycles. The topological polar surface area (TPSA) is 113 Å². The molecule has 2 N–H and O–H groups in total. The van der Waals surface area contributed by atoms with Crippen molar-refractivity contribution in [3.05, 3.63) is 52.1 Å². The number of nitrogens with zero attached hydrogens (tertiary/aromatic N) is 3. The zero-order valence-corrected chi connectivity index (χ0v) is 20.8. The van der Waals surface area contributed by atoms with E-state index in [2.05, 4.69) is 10.2 Å².